The van der Waals surface area contributed by atoms with E-state index in [0.717, 1.165) is 6.54 Å². The molecular formula is C18H30N2. The quantitative estimate of drug-likeness (QED) is 0.904. The Morgan fingerprint density at radius 3 is 2.45 bits per heavy atom. The van der Waals surface area contributed by atoms with Crippen molar-refractivity contribution in [3.63, 3.8) is 0 Å². The summed E-state index contributed by atoms with van der Waals surface area (Å²) >= 11 is 0. The highest BCUT2D eigenvalue weighted by Crippen LogP contribution is 2.34. The second-order valence-corrected chi connectivity index (χ2v) is 6.93. The van der Waals surface area contributed by atoms with E-state index in [9.17, 15) is 0 Å². The van der Waals surface area contributed by atoms with Crippen LogP contribution < -0.4 is 5.73 Å². The van der Waals surface area contributed by atoms with Gasteiger partial charge in [0, 0.05) is 12.6 Å². The number of aryl methyl sites for hydroxylation is 2. The molecule has 1 aliphatic rings. The summed E-state index contributed by atoms with van der Waals surface area (Å²) in [5.74, 6) is 0. The number of likely N-dealkylation sites (tertiary alicyclic amines) is 1. The predicted molar refractivity (Wildman–Crippen MR) is 86.9 cm³/mol. The van der Waals surface area contributed by atoms with Crippen molar-refractivity contribution in [1.29, 1.82) is 0 Å². The molecule has 0 saturated carbocycles. The van der Waals surface area contributed by atoms with Crippen LogP contribution in [0.3, 0.4) is 0 Å². The molecule has 1 aromatic rings. The Kier molecular flexibility index (Phi) is 4.87. The van der Waals surface area contributed by atoms with Crippen LogP contribution in [-0.2, 0) is 0 Å². The lowest BCUT2D eigenvalue weighted by Crippen LogP contribution is -2.41. The number of hydrogen-bond acceptors (Lipinski definition) is 2. The zero-order valence-corrected chi connectivity index (χ0v) is 13.6. The molecule has 2 heteroatoms. The van der Waals surface area contributed by atoms with Crippen molar-refractivity contribution < 1.29 is 0 Å². The van der Waals surface area contributed by atoms with Gasteiger partial charge in [0.25, 0.3) is 0 Å². The molecule has 2 N–H and O–H groups in total. The largest absolute Gasteiger partial charge is 0.323 e. The van der Waals surface area contributed by atoms with Crippen LogP contribution in [0, 0.1) is 19.3 Å². The summed E-state index contributed by atoms with van der Waals surface area (Å²) in [7, 11) is 0. The molecule has 1 heterocycles. The monoisotopic (exact) mass is 274 g/mol. The highest BCUT2D eigenvalue weighted by atomic mass is 15.1. The highest BCUT2D eigenvalue weighted by molar-refractivity contribution is 5.32. The first-order chi connectivity index (χ1) is 9.43. The minimum absolute atomic E-state index is 0.140. The zero-order valence-electron chi connectivity index (χ0n) is 13.6. The van der Waals surface area contributed by atoms with Gasteiger partial charge < -0.3 is 10.6 Å². The molecule has 1 unspecified atom stereocenters. The molecular weight excluding hydrogens is 244 g/mol. The van der Waals surface area contributed by atoms with E-state index >= 15 is 0 Å². The number of rotatable bonds is 4. The van der Waals surface area contributed by atoms with Gasteiger partial charge in [-0.05, 0) is 56.3 Å². The van der Waals surface area contributed by atoms with Gasteiger partial charge in [-0.15, -0.1) is 0 Å². The summed E-state index contributed by atoms with van der Waals surface area (Å²) in [6, 6.07) is 6.75. The maximum absolute atomic E-state index is 6.44. The van der Waals surface area contributed by atoms with E-state index in [1.165, 1.54) is 49.0 Å². The minimum Gasteiger partial charge on any atom is -0.323 e. The molecule has 20 heavy (non-hydrogen) atoms. The molecule has 0 aliphatic carbocycles. The summed E-state index contributed by atoms with van der Waals surface area (Å²) in [6.07, 6.45) is 3.91. The molecule has 0 aromatic heterocycles. The van der Waals surface area contributed by atoms with E-state index in [0.29, 0.717) is 5.41 Å². The fraction of sp³-hybridized carbons (Fsp3) is 0.667. The maximum atomic E-state index is 6.44. The topological polar surface area (TPSA) is 29.3 Å². The van der Waals surface area contributed by atoms with Crippen molar-refractivity contribution in [3.8, 4) is 0 Å². The van der Waals surface area contributed by atoms with Crippen LogP contribution in [0.15, 0.2) is 18.2 Å². The zero-order chi connectivity index (χ0) is 14.8. The third-order valence-corrected chi connectivity index (χ3v) is 5.20. The van der Waals surface area contributed by atoms with Gasteiger partial charge >= 0.3 is 0 Å². The Morgan fingerprint density at radius 2 is 1.90 bits per heavy atom. The average molecular weight is 274 g/mol. The van der Waals surface area contributed by atoms with Gasteiger partial charge in [-0.3, -0.25) is 0 Å². The molecule has 2 nitrogen and oxygen atoms in total. The summed E-state index contributed by atoms with van der Waals surface area (Å²) < 4.78 is 0. The normalized spacial score (nSPS) is 20.9. The third kappa shape index (κ3) is 3.62. The van der Waals surface area contributed by atoms with E-state index in [1.807, 2.05) is 0 Å². The molecule has 1 fully saturated rings. The first-order valence-electron chi connectivity index (χ1n) is 7.98. The molecule has 0 bridgehead atoms. The molecule has 1 aliphatic heterocycles. The van der Waals surface area contributed by atoms with Crippen molar-refractivity contribution >= 4 is 0 Å². The number of piperidine rings is 1. The van der Waals surface area contributed by atoms with Gasteiger partial charge in [0.05, 0.1) is 0 Å². The lowest BCUT2D eigenvalue weighted by atomic mass is 9.78. The summed E-state index contributed by atoms with van der Waals surface area (Å²) in [5.41, 5.74) is 10.9. The molecule has 1 aromatic carbocycles. The van der Waals surface area contributed by atoms with Gasteiger partial charge in [0.2, 0.25) is 0 Å². The van der Waals surface area contributed by atoms with Gasteiger partial charge in [-0.1, -0.05) is 44.0 Å². The van der Waals surface area contributed by atoms with Gasteiger partial charge in [0.1, 0.15) is 0 Å². The van der Waals surface area contributed by atoms with Gasteiger partial charge in [0.15, 0.2) is 0 Å². The molecule has 2 rings (SSSR count). The fourth-order valence-corrected chi connectivity index (χ4v) is 3.25. The van der Waals surface area contributed by atoms with Crippen molar-refractivity contribution in [2.75, 3.05) is 19.6 Å². The number of nitrogens with zero attached hydrogens (tertiary/aromatic N) is 1. The van der Waals surface area contributed by atoms with E-state index < -0.39 is 0 Å². The number of benzene rings is 1. The summed E-state index contributed by atoms with van der Waals surface area (Å²) in [4.78, 5) is 2.54. The van der Waals surface area contributed by atoms with Gasteiger partial charge in [-0.25, -0.2) is 0 Å². The Labute approximate surface area is 124 Å². The molecule has 0 amide bonds. The highest BCUT2D eigenvalue weighted by Gasteiger charge is 2.28. The Balaban J connectivity index is 1.94. The Morgan fingerprint density at radius 1 is 1.25 bits per heavy atom. The van der Waals surface area contributed by atoms with Crippen molar-refractivity contribution in [1.82, 2.24) is 4.90 Å². The number of nitrogens with two attached hydrogens (primary N) is 1. The summed E-state index contributed by atoms with van der Waals surface area (Å²) in [6.45, 7) is 12.4. The third-order valence-electron chi connectivity index (χ3n) is 5.20. The van der Waals surface area contributed by atoms with Crippen molar-refractivity contribution in [2.45, 2.75) is 53.0 Å². The molecule has 0 radical (unpaired) electrons. The van der Waals surface area contributed by atoms with Crippen LogP contribution in [-0.4, -0.2) is 24.5 Å². The molecule has 112 valence electrons. The van der Waals surface area contributed by atoms with E-state index in [2.05, 4.69) is 50.8 Å². The molecule has 1 saturated heterocycles. The van der Waals surface area contributed by atoms with Crippen LogP contribution in [0.2, 0.25) is 0 Å². The van der Waals surface area contributed by atoms with Crippen LogP contribution >= 0.6 is 0 Å². The standard InChI is InChI=1S/C18H30N2/c1-5-18(4)8-10-20(11-9-18)13-17(19)16-7-6-14(2)12-15(16)3/h6-7,12,17H,5,8-11,13,19H2,1-4H3. The second kappa shape index (κ2) is 6.28. The molecule has 0 spiro atoms. The minimum atomic E-state index is 0.140. The Bertz CT molecular complexity index is 445. The van der Waals surface area contributed by atoms with Crippen LogP contribution in [0.25, 0.3) is 0 Å². The number of hydrogen-bond donors (Lipinski definition) is 1. The average Bonchev–Trinajstić information content (AvgIpc) is 2.41. The van der Waals surface area contributed by atoms with Gasteiger partial charge in [-0.2, -0.15) is 0 Å². The van der Waals surface area contributed by atoms with E-state index in [-0.39, 0.29) is 6.04 Å². The predicted octanol–water partition coefficient (Wildman–Crippen LogP) is 3.82. The van der Waals surface area contributed by atoms with E-state index in [4.69, 9.17) is 5.73 Å². The smallest absolute Gasteiger partial charge is 0.0426 e. The van der Waals surface area contributed by atoms with E-state index in [1.54, 1.807) is 0 Å². The van der Waals surface area contributed by atoms with Crippen LogP contribution in [0.5, 0.6) is 0 Å². The van der Waals surface area contributed by atoms with Crippen molar-refractivity contribution in [3.05, 3.63) is 34.9 Å². The van der Waals surface area contributed by atoms with Crippen molar-refractivity contribution in [2.24, 2.45) is 11.1 Å². The SMILES string of the molecule is CCC1(C)CCN(CC(N)c2ccc(C)cc2C)CC1. The second-order valence-electron chi connectivity index (χ2n) is 6.93. The fourth-order valence-electron chi connectivity index (χ4n) is 3.25. The van der Waals surface area contributed by atoms with Crippen LogP contribution in [0.1, 0.15) is 55.8 Å². The Hall–Kier alpha value is -0.860. The molecule has 1 atom stereocenters. The first-order valence-corrected chi connectivity index (χ1v) is 7.98. The lowest BCUT2D eigenvalue weighted by Gasteiger charge is -2.39. The lowest BCUT2D eigenvalue weighted by molar-refractivity contribution is 0.110. The summed E-state index contributed by atoms with van der Waals surface area (Å²) in [5, 5.41) is 0. The van der Waals surface area contributed by atoms with Crippen LogP contribution in [0.4, 0.5) is 0 Å². The first kappa shape index (κ1) is 15.5. The maximum Gasteiger partial charge on any atom is 0.0426 e.